The first-order valence-electron chi connectivity index (χ1n) is 4.80. The average Bonchev–Trinajstić information content (AvgIpc) is 2.17. The Morgan fingerprint density at radius 2 is 2.27 bits per heavy atom. The monoisotopic (exact) mass is 273 g/mol. The lowest BCUT2D eigenvalue weighted by Gasteiger charge is -2.13. The van der Waals surface area contributed by atoms with Crippen molar-refractivity contribution in [1.82, 2.24) is 0 Å². The number of aliphatic hydroxyl groups excluding tert-OH is 1. The highest BCUT2D eigenvalue weighted by molar-refractivity contribution is 9.10. The number of halogens is 1. The Labute approximate surface area is 98.6 Å². The predicted molar refractivity (Wildman–Crippen MR) is 65.3 cm³/mol. The van der Waals surface area contributed by atoms with Crippen LogP contribution in [0, 0.1) is 6.92 Å². The molecule has 2 N–H and O–H groups in total. The second kappa shape index (κ2) is 6.10. The lowest BCUT2D eigenvalue weighted by atomic mass is 10.2. The topological polar surface area (TPSA) is 41.5 Å². The molecule has 1 aromatic carbocycles. The van der Waals surface area contributed by atoms with E-state index in [9.17, 15) is 5.11 Å². The zero-order valence-electron chi connectivity index (χ0n) is 8.96. The number of hydrogen-bond donors (Lipinski definition) is 2. The second-order valence-electron chi connectivity index (χ2n) is 3.45. The van der Waals surface area contributed by atoms with E-state index < -0.39 is 6.10 Å². The van der Waals surface area contributed by atoms with Gasteiger partial charge in [-0.25, -0.2) is 0 Å². The van der Waals surface area contributed by atoms with Crippen molar-refractivity contribution in [3.05, 3.63) is 28.2 Å². The molecule has 0 aliphatic rings. The fourth-order valence-corrected chi connectivity index (χ4v) is 1.78. The molecule has 1 aromatic rings. The molecule has 4 heteroatoms. The van der Waals surface area contributed by atoms with Gasteiger partial charge in [-0.3, -0.25) is 0 Å². The molecule has 1 atom stereocenters. The average molecular weight is 274 g/mol. The van der Waals surface area contributed by atoms with E-state index in [4.69, 9.17) is 4.74 Å². The van der Waals surface area contributed by atoms with Crippen LogP contribution in [0.3, 0.4) is 0 Å². The van der Waals surface area contributed by atoms with Gasteiger partial charge in [-0.15, -0.1) is 0 Å². The van der Waals surface area contributed by atoms with Crippen LogP contribution in [0.25, 0.3) is 0 Å². The molecule has 0 fully saturated rings. The molecule has 0 spiro atoms. The minimum absolute atomic E-state index is 0.350. The minimum atomic E-state index is -0.474. The lowest BCUT2D eigenvalue weighted by molar-refractivity contribution is 0.0727. The molecule has 0 bridgehead atoms. The van der Waals surface area contributed by atoms with Crippen LogP contribution in [-0.4, -0.2) is 31.5 Å². The minimum Gasteiger partial charge on any atom is -0.389 e. The molecule has 0 aliphatic heterocycles. The van der Waals surface area contributed by atoms with Gasteiger partial charge >= 0.3 is 0 Å². The molecular formula is C11H16BrNO2. The number of aryl methyl sites for hydroxylation is 1. The van der Waals surface area contributed by atoms with Crippen LogP contribution < -0.4 is 5.32 Å². The van der Waals surface area contributed by atoms with Gasteiger partial charge in [0, 0.05) is 23.8 Å². The number of rotatable bonds is 5. The van der Waals surface area contributed by atoms with Gasteiger partial charge in [-0.05, 0) is 30.7 Å². The van der Waals surface area contributed by atoms with Crippen LogP contribution in [0.4, 0.5) is 5.69 Å². The van der Waals surface area contributed by atoms with E-state index in [-0.39, 0.29) is 0 Å². The van der Waals surface area contributed by atoms with Gasteiger partial charge < -0.3 is 15.2 Å². The highest BCUT2D eigenvalue weighted by Crippen LogP contribution is 2.19. The number of hydrogen-bond acceptors (Lipinski definition) is 3. The standard InChI is InChI=1S/C11H16BrNO2/c1-8-5-9(12)3-4-11(8)13-6-10(14)7-15-2/h3-5,10,13-14H,6-7H2,1-2H3. The van der Waals surface area contributed by atoms with E-state index in [1.807, 2.05) is 25.1 Å². The van der Waals surface area contributed by atoms with Gasteiger partial charge in [0.2, 0.25) is 0 Å². The molecule has 1 rings (SSSR count). The summed E-state index contributed by atoms with van der Waals surface area (Å²) in [6, 6.07) is 5.99. The summed E-state index contributed by atoms with van der Waals surface area (Å²) in [5.41, 5.74) is 2.18. The maximum atomic E-state index is 9.46. The number of aliphatic hydroxyl groups is 1. The van der Waals surface area contributed by atoms with Crippen LogP contribution in [0.15, 0.2) is 22.7 Å². The smallest absolute Gasteiger partial charge is 0.0945 e. The maximum absolute atomic E-state index is 9.46. The second-order valence-corrected chi connectivity index (χ2v) is 4.36. The molecule has 0 saturated carbocycles. The lowest BCUT2D eigenvalue weighted by Crippen LogP contribution is -2.24. The highest BCUT2D eigenvalue weighted by atomic mass is 79.9. The normalized spacial score (nSPS) is 12.5. The van der Waals surface area contributed by atoms with Crippen molar-refractivity contribution in [3.8, 4) is 0 Å². The molecule has 84 valence electrons. The van der Waals surface area contributed by atoms with Crippen molar-refractivity contribution in [1.29, 1.82) is 0 Å². The van der Waals surface area contributed by atoms with Crippen molar-refractivity contribution < 1.29 is 9.84 Å². The van der Waals surface area contributed by atoms with Gasteiger partial charge in [0.1, 0.15) is 0 Å². The zero-order chi connectivity index (χ0) is 11.3. The Bertz CT molecular complexity index is 317. The Kier molecular flexibility index (Phi) is 5.08. The Hall–Kier alpha value is -0.580. The number of nitrogens with one attached hydrogen (secondary N) is 1. The van der Waals surface area contributed by atoms with Gasteiger partial charge in [0.25, 0.3) is 0 Å². The van der Waals surface area contributed by atoms with Crippen molar-refractivity contribution in [3.63, 3.8) is 0 Å². The van der Waals surface area contributed by atoms with Crippen molar-refractivity contribution in [2.75, 3.05) is 25.6 Å². The molecule has 0 radical (unpaired) electrons. The Morgan fingerprint density at radius 3 is 2.87 bits per heavy atom. The summed E-state index contributed by atoms with van der Waals surface area (Å²) in [6.45, 7) is 2.87. The molecule has 15 heavy (non-hydrogen) atoms. The number of ether oxygens (including phenoxy) is 1. The first kappa shape index (κ1) is 12.5. The SMILES string of the molecule is COCC(O)CNc1ccc(Br)cc1C. The van der Waals surface area contributed by atoms with Crippen LogP contribution >= 0.6 is 15.9 Å². The fraction of sp³-hybridized carbons (Fsp3) is 0.455. The molecular weight excluding hydrogens is 258 g/mol. The summed E-state index contributed by atoms with van der Waals surface area (Å²) in [7, 11) is 1.58. The van der Waals surface area contributed by atoms with Crippen molar-refractivity contribution >= 4 is 21.6 Å². The third-order valence-corrected chi connectivity index (χ3v) is 2.57. The molecule has 0 heterocycles. The van der Waals surface area contributed by atoms with E-state index in [2.05, 4.69) is 21.2 Å². The Balaban J connectivity index is 2.50. The van der Waals surface area contributed by atoms with E-state index in [0.717, 1.165) is 15.7 Å². The van der Waals surface area contributed by atoms with Gasteiger partial charge in [-0.1, -0.05) is 15.9 Å². The molecule has 0 aromatic heterocycles. The van der Waals surface area contributed by atoms with E-state index in [0.29, 0.717) is 13.2 Å². The molecule has 0 amide bonds. The van der Waals surface area contributed by atoms with Gasteiger partial charge in [0.15, 0.2) is 0 Å². The molecule has 1 unspecified atom stereocenters. The van der Waals surface area contributed by atoms with Crippen LogP contribution in [0.5, 0.6) is 0 Å². The third-order valence-electron chi connectivity index (χ3n) is 2.08. The maximum Gasteiger partial charge on any atom is 0.0945 e. The van der Waals surface area contributed by atoms with Crippen LogP contribution in [-0.2, 0) is 4.74 Å². The molecule has 3 nitrogen and oxygen atoms in total. The predicted octanol–water partition coefficient (Wildman–Crippen LogP) is 2.18. The summed E-state index contributed by atoms with van der Waals surface area (Å²) in [6.07, 6.45) is -0.474. The molecule has 0 saturated heterocycles. The van der Waals surface area contributed by atoms with Gasteiger partial charge in [-0.2, -0.15) is 0 Å². The summed E-state index contributed by atoms with van der Waals surface area (Å²) in [5.74, 6) is 0. The number of anilines is 1. The highest BCUT2D eigenvalue weighted by Gasteiger charge is 2.04. The summed E-state index contributed by atoms with van der Waals surface area (Å²) in [5, 5.41) is 12.6. The largest absolute Gasteiger partial charge is 0.389 e. The zero-order valence-corrected chi connectivity index (χ0v) is 10.5. The summed E-state index contributed by atoms with van der Waals surface area (Å²) >= 11 is 3.40. The van der Waals surface area contributed by atoms with Crippen LogP contribution in [0.2, 0.25) is 0 Å². The first-order chi connectivity index (χ1) is 7.13. The van der Waals surface area contributed by atoms with E-state index in [1.54, 1.807) is 7.11 Å². The summed E-state index contributed by atoms with van der Waals surface area (Å²) in [4.78, 5) is 0. The fourth-order valence-electron chi connectivity index (χ4n) is 1.30. The van der Waals surface area contributed by atoms with Crippen molar-refractivity contribution in [2.24, 2.45) is 0 Å². The van der Waals surface area contributed by atoms with E-state index in [1.165, 1.54) is 0 Å². The summed E-state index contributed by atoms with van der Waals surface area (Å²) < 4.78 is 5.90. The third kappa shape index (κ3) is 4.20. The number of methoxy groups -OCH3 is 1. The number of benzene rings is 1. The van der Waals surface area contributed by atoms with Crippen LogP contribution in [0.1, 0.15) is 5.56 Å². The Morgan fingerprint density at radius 1 is 1.53 bits per heavy atom. The quantitative estimate of drug-likeness (QED) is 0.864. The molecule has 0 aliphatic carbocycles. The van der Waals surface area contributed by atoms with Crippen molar-refractivity contribution in [2.45, 2.75) is 13.0 Å². The first-order valence-corrected chi connectivity index (χ1v) is 5.60. The van der Waals surface area contributed by atoms with Gasteiger partial charge in [0.05, 0.1) is 12.7 Å². The van der Waals surface area contributed by atoms with E-state index >= 15 is 0 Å².